The normalized spacial score (nSPS) is 25.9. The van der Waals surface area contributed by atoms with Crippen LogP contribution in [0.2, 0.25) is 0 Å². The lowest BCUT2D eigenvalue weighted by atomic mass is 9.46. The molecule has 2 bridgehead atoms. The highest BCUT2D eigenvalue weighted by molar-refractivity contribution is 5.68. The smallest absolute Gasteiger partial charge is 0.215 e. The van der Waals surface area contributed by atoms with Crippen molar-refractivity contribution in [2.24, 2.45) is 10.8 Å². The van der Waals surface area contributed by atoms with Gasteiger partial charge in [-0.25, -0.2) is 0 Å². The summed E-state index contributed by atoms with van der Waals surface area (Å²) < 4.78 is 6.80. The monoisotopic (exact) mass is 398 g/mol. The van der Waals surface area contributed by atoms with Crippen LogP contribution in [-0.2, 0) is 15.9 Å². The molecule has 5 rings (SSSR count). The SMILES string of the molecule is N#CC1(C#N)C(C#N)(C#N)[C@@]2(c3ccccc3)O[C@]1(c1ccccc1)c1ccccc12. The van der Waals surface area contributed by atoms with Gasteiger partial charge in [0.15, 0.2) is 11.2 Å². The number of benzene rings is 3. The second kappa shape index (κ2) is 6.04. The van der Waals surface area contributed by atoms with E-state index in [1.807, 2.05) is 36.4 Å². The zero-order chi connectivity index (χ0) is 21.7. The summed E-state index contributed by atoms with van der Waals surface area (Å²) in [4.78, 5) is 0. The Morgan fingerprint density at radius 1 is 0.484 bits per heavy atom. The van der Waals surface area contributed by atoms with Gasteiger partial charge in [0.05, 0.1) is 24.3 Å². The fourth-order valence-corrected chi connectivity index (χ4v) is 5.43. The molecule has 2 aliphatic heterocycles. The number of ether oxygens (including phenoxy) is 1. The second-order valence-electron chi connectivity index (χ2n) is 7.69. The fourth-order valence-electron chi connectivity index (χ4n) is 5.43. The van der Waals surface area contributed by atoms with E-state index in [1.54, 1.807) is 48.5 Å². The summed E-state index contributed by atoms with van der Waals surface area (Å²) in [7, 11) is 0. The lowest BCUT2D eigenvalue weighted by Gasteiger charge is -2.43. The Hall–Kier alpha value is -4.42. The summed E-state index contributed by atoms with van der Waals surface area (Å²) in [6.45, 7) is 0. The predicted octanol–water partition coefficient (Wildman–Crippen LogP) is 4.28. The van der Waals surface area contributed by atoms with E-state index in [9.17, 15) is 21.0 Å². The second-order valence-corrected chi connectivity index (χ2v) is 7.69. The van der Waals surface area contributed by atoms with Crippen LogP contribution in [0.3, 0.4) is 0 Å². The summed E-state index contributed by atoms with van der Waals surface area (Å²) in [5, 5.41) is 42.0. The molecular formula is C26H14N4O. The molecular weight excluding hydrogens is 384 g/mol. The maximum atomic E-state index is 10.5. The number of hydrogen-bond acceptors (Lipinski definition) is 5. The minimum absolute atomic E-state index is 0.552. The predicted molar refractivity (Wildman–Crippen MR) is 109 cm³/mol. The molecule has 0 saturated carbocycles. The zero-order valence-corrected chi connectivity index (χ0v) is 16.3. The highest BCUT2D eigenvalue weighted by Crippen LogP contribution is 2.77. The summed E-state index contributed by atoms with van der Waals surface area (Å²) in [6, 6.07) is 33.5. The quantitative estimate of drug-likeness (QED) is 0.640. The van der Waals surface area contributed by atoms with Crippen molar-refractivity contribution >= 4 is 0 Å². The van der Waals surface area contributed by atoms with Crippen molar-refractivity contribution in [3.63, 3.8) is 0 Å². The average molecular weight is 398 g/mol. The fraction of sp³-hybridized carbons (Fsp3) is 0.154. The van der Waals surface area contributed by atoms with Gasteiger partial charge in [0.2, 0.25) is 10.8 Å². The van der Waals surface area contributed by atoms with Crippen LogP contribution in [0.5, 0.6) is 0 Å². The van der Waals surface area contributed by atoms with E-state index in [2.05, 4.69) is 24.3 Å². The summed E-state index contributed by atoms with van der Waals surface area (Å²) >= 11 is 0. The minimum atomic E-state index is -2.12. The first-order valence-electron chi connectivity index (χ1n) is 9.70. The van der Waals surface area contributed by atoms with E-state index >= 15 is 0 Å². The topological polar surface area (TPSA) is 104 Å². The van der Waals surface area contributed by atoms with E-state index in [0.29, 0.717) is 22.3 Å². The molecule has 2 atom stereocenters. The largest absolute Gasteiger partial charge is 0.344 e. The molecule has 0 aliphatic carbocycles. The first-order chi connectivity index (χ1) is 15.1. The van der Waals surface area contributed by atoms with Gasteiger partial charge in [0.1, 0.15) is 0 Å². The summed E-state index contributed by atoms with van der Waals surface area (Å²) in [6.07, 6.45) is 0. The average Bonchev–Trinajstić information content (AvgIpc) is 3.30. The molecule has 5 nitrogen and oxygen atoms in total. The molecule has 2 heterocycles. The van der Waals surface area contributed by atoms with Crippen molar-refractivity contribution in [2.75, 3.05) is 0 Å². The first-order valence-corrected chi connectivity index (χ1v) is 9.70. The highest BCUT2D eigenvalue weighted by atomic mass is 16.5. The van der Waals surface area contributed by atoms with Crippen molar-refractivity contribution in [3.05, 3.63) is 107 Å². The Kier molecular flexibility index (Phi) is 3.62. The molecule has 5 heteroatoms. The van der Waals surface area contributed by atoms with E-state index < -0.39 is 22.0 Å². The maximum absolute atomic E-state index is 10.5. The van der Waals surface area contributed by atoms with Gasteiger partial charge in [-0.1, -0.05) is 84.9 Å². The van der Waals surface area contributed by atoms with Gasteiger partial charge in [-0.15, -0.1) is 0 Å². The van der Waals surface area contributed by atoms with Gasteiger partial charge >= 0.3 is 0 Å². The van der Waals surface area contributed by atoms with E-state index in [0.717, 1.165) is 0 Å². The minimum Gasteiger partial charge on any atom is -0.344 e. The van der Waals surface area contributed by atoms with Crippen molar-refractivity contribution in [1.82, 2.24) is 0 Å². The van der Waals surface area contributed by atoms with Gasteiger partial charge in [-0.05, 0) is 22.3 Å². The van der Waals surface area contributed by atoms with Crippen LogP contribution in [-0.4, -0.2) is 0 Å². The van der Waals surface area contributed by atoms with Crippen LogP contribution in [0.25, 0.3) is 0 Å². The molecule has 0 aromatic heterocycles. The van der Waals surface area contributed by atoms with Crippen molar-refractivity contribution in [3.8, 4) is 24.3 Å². The van der Waals surface area contributed by atoms with E-state index in [1.165, 1.54) is 0 Å². The van der Waals surface area contributed by atoms with Crippen LogP contribution >= 0.6 is 0 Å². The van der Waals surface area contributed by atoms with Crippen LogP contribution < -0.4 is 0 Å². The van der Waals surface area contributed by atoms with Crippen molar-refractivity contribution in [1.29, 1.82) is 21.0 Å². The number of nitriles is 4. The number of rotatable bonds is 2. The molecule has 31 heavy (non-hydrogen) atoms. The van der Waals surface area contributed by atoms with Gasteiger partial charge < -0.3 is 4.74 Å². The lowest BCUT2D eigenvalue weighted by molar-refractivity contribution is -0.0607. The number of hydrogen-bond donors (Lipinski definition) is 0. The molecule has 2 aliphatic rings. The van der Waals surface area contributed by atoms with Gasteiger partial charge in [-0.2, -0.15) is 21.0 Å². The number of fused-ring (bicyclic) bond motifs is 5. The standard InChI is InChI=1S/C26H14N4O/c27-15-23(16-28)24(17-29,18-30)26(20-11-5-2-6-12-20)22-14-8-7-13-21(22)25(23,31-26)19-9-3-1-4-10-19/h1-14H/t25-,26+. The van der Waals surface area contributed by atoms with E-state index in [4.69, 9.17) is 4.74 Å². The zero-order valence-electron chi connectivity index (χ0n) is 16.3. The van der Waals surface area contributed by atoms with Crippen LogP contribution in [0.15, 0.2) is 84.9 Å². The highest BCUT2D eigenvalue weighted by Gasteiger charge is 2.88. The lowest BCUT2D eigenvalue weighted by Crippen LogP contribution is -2.55. The Morgan fingerprint density at radius 2 is 0.806 bits per heavy atom. The molecule has 0 amide bonds. The molecule has 1 saturated heterocycles. The third kappa shape index (κ3) is 1.70. The molecule has 1 fully saturated rings. The maximum Gasteiger partial charge on any atom is 0.215 e. The Bertz CT molecular complexity index is 1240. The molecule has 0 N–H and O–H groups in total. The van der Waals surface area contributed by atoms with E-state index in [-0.39, 0.29) is 0 Å². The summed E-state index contributed by atoms with van der Waals surface area (Å²) in [5.41, 5.74) is -5.12. The van der Waals surface area contributed by atoms with Crippen LogP contribution in [0.1, 0.15) is 22.3 Å². The van der Waals surface area contributed by atoms with Gasteiger partial charge in [0.25, 0.3) is 0 Å². The number of nitrogens with zero attached hydrogens (tertiary/aromatic N) is 4. The molecule has 144 valence electrons. The Balaban J connectivity index is 2.07. The molecule has 3 aromatic rings. The third-order valence-electron chi connectivity index (χ3n) is 6.64. The van der Waals surface area contributed by atoms with Crippen LogP contribution in [0, 0.1) is 56.2 Å². The third-order valence-corrected chi connectivity index (χ3v) is 6.64. The summed E-state index contributed by atoms with van der Waals surface area (Å²) in [5.74, 6) is 0. The first kappa shape index (κ1) is 18.6. The molecule has 0 radical (unpaired) electrons. The van der Waals surface area contributed by atoms with Crippen molar-refractivity contribution < 1.29 is 4.74 Å². The molecule has 3 aromatic carbocycles. The van der Waals surface area contributed by atoms with Gasteiger partial charge in [0, 0.05) is 0 Å². The molecule has 0 spiro atoms. The van der Waals surface area contributed by atoms with Crippen LogP contribution in [0.4, 0.5) is 0 Å². The van der Waals surface area contributed by atoms with Crippen molar-refractivity contribution in [2.45, 2.75) is 11.2 Å². The molecule has 0 unspecified atom stereocenters. The Labute approximate surface area is 179 Å². The van der Waals surface area contributed by atoms with Gasteiger partial charge in [-0.3, -0.25) is 0 Å². The Morgan fingerprint density at radius 3 is 1.13 bits per heavy atom.